The highest BCUT2D eigenvalue weighted by molar-refractivity contribution is 5.75. The Labute approximate surface area is 271 Å². The molecule has 1 aliphatic rings. The van der Waals surface area contributed by atoms with E-state index in [-0.39, 0.29) is 24.6 Å². The van der Waals surface area contributed by atoms with E-state index in [9.17, 15) is 4.79 Å². The number of aromatic nitrogens is 1. The fourth-order valence-electron chi connectivity index (χ4n) is 6.01. The number of carbonyl (C=O) groups is 1. The molecular formula is C36H66ClN3O3. The molecule has 6 nitrogen and oxygen atoms in total. The van der Waals surface area contributed by atoms with E-state index in [1.807, 2.05) is 13.1 Å². The number of amides is 1. The van der Waals surface area contributed by atoms with Gasteiger partial charge in [0.15, 0.2) is 6.29 Å². The van der Waals surface area contributed by atoms with Crippen molar-refractivity contribution in [2.24, 2.45) is 0 Å². The first-order valence-electron chi connectivity index (χ1n) is 17.7. The summed E-state index contributed by atoms with van der Waals surface area (Å²) in [6, 6.07) is 0. The van der Waals surface area contributed by atoms with E-state index < -0.39 is 0 Å². The molecule has 0 spiro atoms. The van der Waals surface area contributed by atoms with Gasteiger partial charge in [0.2, 0.25) is 5.91 Å². The first-order chi connectivity index (χ1) is 20.4. The molecule has 250 valence electrons. The number of hydrogen-bond acceptors (Lipinski definition) is 4. The number of aryl methyl sites for hydroxylation is 1. The number of halogens is 1. The van der Waals surface area contributed by atoms with E-state index in [4.69, 9.17) is 9.47 Å². The van der Waals surface area contributed by atoms with Crippen molar-refractivity contribution in [1.29, 1.82) is 0 Å². The Bertz CT molecular complexity index is 864. The monoisotopic (exact) mass is 623 g/mol. The molecule has 0 aliphatic carbocycles. The van der Waals surface area contributed by atoms with Crippen LogP contribution in [0.5, 0.6) is 5.75 Å². The van der Waals surface area contributed by atoms with Crippen LogP contribution in [0.4, 0.5) is 0 Å². The van der Waals surface area contributed by atoms with Crippen molar-refractivity contribution in [3.8, 4) is 5.75 Å². The maximum Gasteiger partial charge on any atom is 0.219 e. The zero-order valence-electron chi connectivity index (χ0n) is 28.6. The van der Waals surface area contributed by atoms with E-state index in [1.165, 1.54) is 102 Å². The molecule has 0 saturated heterocycles. The van der Waals surface area contributed by atoms with Crippen LogP contribution in [0.2, 0.25) is 0 Å². The van der Waals surface area contributed by atoms with E-state index >= 15 is 0 Å². The van der Waals surface area contributed by atoms with Crippen LogP contribution >= 0.6 is 0 Å². The molecule has 1 aromatic rings. The zero-order valence-corrected chi connectivity index (χ0v) is 29.4. The molecule has 43 heavy (non-hydrogen) atoms. The van der Waals surface area contributed by atoms with Crippen LogP contribution in [0.3, 0.4) is 0 Å². The van der Waals surface area contributed by atoms with Gasteiger partial charge in [-0.05, 0) is 19.8 Å². The minimum Gasteiger partial charge on any atom is -1.00 e. The van der Waals surface area contributed by atoms with Crippen LogP contribution in [-0.4, -0.2) is 48.8 Å². The van der Waals surface area contributed by atoms with Crippen molar-refractivity contribution in [2.75, 3.05) is 27.2 Å². The lowest BCUT2D eigenvalue weighted by Gasteiger charge is -2.33. The Morgan fingerprint density at radius 2 is 1.42 bits per heavy atom. The van der Waals surface area contributed by atoms with Crippen LogP contribution in [-0.2, 0) is 22.7 Å². The zero-order chi connectivity index (χ0) is 30.5. The lowest BCUT2D eigenvalue weighted by molar-refractivity contribution is -0.903. The second-order valence-corrected chi connectivity index (χ2v) is 13.4. The molecule has 1 N–H and O–H groups in total. The van der Waals surface area contributed by atoms with Crippen molar-refractivity contribution in [3.63, 3.8) is 0 Å². The molecule has 1 unspecified atom stereocenters. The highest BCUT2D eigenvalue weighted by atomic mass is 35.5. The molecule has 0 aromatic carbocycles. The van der Waals surface area contributed by atoms with Gasteiger partial charge in [-0.2, -0.15) is 0 Å². The Balaban J connectivity index is 0.00000924. The molecule has 2 rings (SSSR count). The fourth-order valence-corrected chi connectivity index (χ4v) is 6.01. The fraction of sp³-hybridized carbons (Fsp3) is 0.833. The Kier molecular flexibility index (Phi) is 22.1. The van der Waals surface area contributed by atoms with Gasteiger partial charge in [-0.25, -0.2) is 0 Å². The first-order valence-corrected chi connectivity index (χ1v) is 17.7. The number of fused-ring (bicyclic) bond motifs is 1. The van der Waals surface area contributed by atoms with E-state index in [1.54, 1.807) is 0 Å². The van der Waals surface area contributed by atoms with Crippen molar-refractivity contribution in [3.05, 3.63) is 23.0 Å². The van der Waals surface area contributed by atoms with Crippen LogP contribution < -0.4 is 22.5 Å². The summed E-state index contributed by atoms with van der Waals surface area (Å²) in [6.45, 7) is 9.77. The van der Waals surface area contributed by atoms with E-state index in [2.05, 4.69) is 38.2 Å². The second kappa shape index (κ2) is 23.9. The number of ether oxygens (including phenoxy) is 2. The topological polar surface area (TPSA) is 60.5 Å². The molecule has 2 heterocycles. The molecule has 1 atom stereocenters. The number of carbonyl (C=O) groups excluding carboxylic acids is 1. The summed E-state index contributed by atoms with van der Waals surface area (Å²) in [6.07, 6.45) is 26.5. The van der Waals surface area contributed by atoms with Gasteiger partial charge in [0.25, 0.3) is 0 Å². The van der Waals surface area contributed by atoms with Crippen LogP contribution in [0.1, 0.15) is 159 Å². The summed E-state index contributed by atoms with van der Waals surface area (Å²) >= 11 is 0. The van der Waals surface area contributed by atoms with Gasteiger partial charge in [-0.3, -0.25) is 9.78 Å². The third-order valence-corrected chi connectivity index (χ3v) is 8.73. The highest BCUT2D eigenvalue weighted by Gasteiger charge is 2.27. The van der Waals surface area contributed by atoms with Gasteiger partial charge in [0, 0.05) is 43.1 Å². The molecule has 0 radical (unpaired) electrons. The summed E-state index contributed by atoms with van der Waals surface area (Å²) in [4.78, 5) is 17.0. The number of hydrogen-bond donors (Lipinski definition) is 1. The average Bonchev–Trinajstić information content (AvgIpc) is 2.97. The maximum atomic E-state index is 12.3. The largest absolute Gasteiger partial charge is 1.00 e. The third-order valence-electron chi connectivity index (χ3n) is 8.73. The average molecular weight is 624 g/mol. The highest BCUT2D eigenvalue weighted by Crippen LogP contribution is 2.33. The molecule has 1 aromatic heterocycles. The Hall–Kier alpha value is -1.37. The van der Waals surface area contributed by atoms with Crippen LogP contribution in [0.25, 0.3) is 0 Å². The normalized spacial score (nSPS) is 14.6. The predicted molar refractivity (Wildman–Crippen MR) is 176 cm³/mol. The molecular weight excluding hydrogens is 558 g/mol. The minimum atomic E-state index is -0.157. The molecule has 1 aliphatic heterocycles. The van der Waals surface area contributed by atoms with Crippen molar-refractivity contribution < 1.29 is 31.2 Å². The van der Waals surface area contributed by atoms with Gasteiger partial charge in [-0.1, -0.05) is 110 Å². The Morgan fingerprint density at radius 3 is 2.02 bits per heavy atom. The van der Waals surface area contributed by atoms with Gasteiger partial charge in [0.05, 0.1) is 32.9 Å². The smallest absolute Gasteiger partial charge is 0.219 e. The molecule has 0 fully saturated rings. The number of nitrogens with one attached hydrogen (secondary N) is 1. The minimum absolute atomic E-state index is 0. The summed E-state index contributed by atoms with van der Waals surface area (Å²) in [5.74, 6) is 1.14. The summed E-state index contributed by atoms with van der Waals surface area (Å²) in [5, 5.41) is 3.15. The van der Waals surface area contributed by atoms with Crippen molar-refractivity contribution >= 4 is 5.91 Å². The number of pyridine rings is 1. The third kappa shape index (κ3) is 17.6. The number of unbranched alkanes of at least 4 members (excludes halogenated alkanes) is 15. The molecule has 0 bridgehead atoms. The summed E-state index contributed by atoms with van der Waals surface area (Å²) in [5.41, 5.74) is 3.32. The molecule has 7 heteroatoms. The molecule has 1 amide bonds. The first kappa shape index (κ1) is 39.7. The number of nitrogens with zero attached hydrogens (tertiary/aromatic N) is 2. The lowest BCUT2D eigenvalue weighted by atomic mass is 10.1. The predicted octanol–water partition coefficient (Wildman–Crippen LogP) is 6.16. The number of quaternary nitrogens is 1. The van der Waals surface area contributed by atoms with Gasteiger partial charge < -0.3 is 31.7 Å². The standard InChI is InChI=1S/C36H65N3O3.ClH/c1-6-8-10-12-14-15-16-17-18-19-21-24-34(40)37-26-23-27-39(4,5)29-32-28-38-31(3)36-33(32)30-41-35(42-36)25-22-20-13-11-9-7-2;/h28,35H,6-27,29-30H2,1-5H3;1H. The van der Waals surface area contributed by atoms with E-state index in [0.717, 1.165) is 66.8 Å². The number of rotatable bonds is 25. The van der Waals surface area contributed by atoms with Crippen LogP contribution in [0.15, 0.2) is 6.20 Å². The van der Waals surface area contributed by atoms with Gasteiger partial charge in [-0.15, -0.1) is 0 Å². The van der Waals surface area contributed by atoms with Crippen molar-refractivity contribution in [1.82, 2.24) is 10.3 Å². The maximum absolute atomic E-state index is 12.3. The molecule has 0 saturated carbocycles. The van der Waals surface area contributed by atoms with E-state index in [0.29, 0.717) is 13.0 Å². The van der Waals surface area contributed by atoms with Crippen molar-refractivity contribution in [2.45, 2.75) is 169 Å². The SMILES string of the molecule is CCCCCCCCCCCCCC(=O)NCCC[N+](C)(C)Cc1cnc(C)c2c1COC(CCCCCCCC)O2.[Cl-]. The van der Waals surface area contributed by atoms with Gasteiger partial charge in [0.1, 0.15) is 12.3 Å². The summed E-state index contributed by atoms with van der Waals surface area (Å²) in [7, 11) is 4.51. The lowest BCUT2D eigenvalue weighted by Crippen LogP contribution is -3.00. The Morgan fingerprint density at radius 1 is 0.860 bits per heavy atom. The van der Waals surface area contributed by atoms with Crippen LogP contribution in [0, 0.1) is 6.92 Å². The second-order valence-electron chi connectivity index (χ2n) is 13.4. The van der Waals surface area contributed by atoms with Gasteiger partial charge >= 0.3 is 0 Å². The quantitative estimate of drug-likeness (QED) is 0.105. The summed E-state index contributed by atoms with van der Waals surface area (Å²) < 4.78 is 13.3.